The molecule has 1 heterocycles. The van der Waals surface area contributed by atoms with Gasteiger partial charge in [-0.25, -0.2) is 9.78 Å². The molecule has 0 saturated carbocycles. The van der Waals surface area contributed by atoms with Crippen molar-refractivity contribution >= 4 is 34.4 Å². The molecular weight excluding hydrogens is 628 g/mol. The van der Waals surface area contributed by atoms with E-state index in [4.69, 9.17) is 4.74 Å². The number of carbonyl (C=O) groups is 3. The summed E-state index contributed by atoms with van der Waals surface area (Å²) < 4.78 is 6.00. The standard InChI is InChI=1S/C41H36N4O5/c46-39(31-14-5-2-6-15-31)33-16-7-8-17-34(33)43-37(41(48)49)26-29-20-22-32(23-21-29)50-25-11-24-45(28-30-12-3-1-4-13-30)40(47)38-27-42-35-18-9-10-19-36(35)44-38/h1-10,12-23,27,37,43H,11,24-26,28H2,(H,48,49)/t37-/m0/s1. The predicted octanol–water partition coefficient (Wildman–Crippen LogP) is 7.08. The Labute approximate surface area is 290 Å². The van der Waals surface area contributed by atoms with Gasteiger partial charge < -0.3 is 20.1 Å². The van der Waals surface area contributed by atoms with Crippen molar-refractivity contribution in [2.45, 2.75) is 25.4 Å². The molecule has 0 radical (unpaired) electrons. The molecule has 0 unspecified atom stereocenters. The Kier molecular flexibility index (Phi) is 10.8. The maximum Gasteiger partial charge on any atom is 0.326 e. The molecule has 0 spiro atoms. The van der Waals surface area contributed by atoms with Crippen molar-refractivity contribution in [3.63, 3.8) is 0 Å². The van der Waals surface area contributed by atoms with Gasteiger partial charge in [0.1, 0.15) is 17.5 Å². The molecule has 9 heteroatoms. The number of rotatable bonds is 15. The molecule has 2 N–H and O–H groups in total. The van der Waals surface area contributed by atoms with Crippen LogP contribution in [0.15, 0.2) is 140 Å². The van der Waals surface area contributed by atoms with Crippen LogP contribution in [0.4, 0.5) is 5.69 Å². The fourth-order valence-corrected chi connectivity index (χ4v) is 5.62. The minimum atomic E-state index is -1.03. The Morgan fingerprint density at radius 3 is 2.14 bits per heavy atom. The SMILES string of the molecule is O=C(c1ccccc1)c1ccccc1N[C@@H](Cc1ccc(OCCCN(Cc2ccccc2)C(=O)c2cnc3ccccc3n2)cc1)C(=O)O. The van der Waals surface area contributed by atoms with Crippen LogP contribution in [0.2, 0.25) is 0 Å². The van der Waals surface area contributed by atoms with Crippen molar-refractivity contribution in [3.05, 3.63) is 168 Å². The van der Waals surface area contributed by atoms with Gasteiger partial charge in [-0.3, -0.25) is 14.6 Å². The van der Waals surface area contributed by atoms with Gasteiger partial charge in [-0.15, -0.1) is 0 Å². The van der Waals surface area contributed by atoms with Crippen LogP contribution in [0, 0.1) is 0 Å². The first-order valence-corrected chi connectivity index (χ1v) is 16.4. The monoisotopic (exact) mass is 664 g/mol. The molecule has 0 saturated heterocycles. The molecule has 1 atom stereocenters. The molecule has 250 valence electrons. The molecule has 5 aromatic carbocycles. The van der Waals surface area contributed by atoms with Gasteiger partial charge in [0.15, 0.2) is 5.78 Å². The third kappa shape index (κ3) is 8.56. The first kappa shape index (κ1) is 33.5. The van der Waals surface area contributed by atoms with Crippen LogP contribution in [-0.4, -0.2) is 56.8 Å². The normalized spacial score (nSPS) is 11.4. The molecule has 0 aliphatic rings. The fourth-order valence-electron chi connectivity index (χ4n) is 5.62. The number of aliphatic carboxylic acids is 1. The summed E-state index contributed by atoms with van der Waals surface area (Å²) in [6, 6.07) is 39.4. The summed E-state index contributed by atoms with van der Waals surface area (Å²) in [7, 11) is 0. The lowest BCUT2D eigenvalue weighted by atomic mass is 10.00. The second-order valence-electron chi connectivity index (χ2n) is 11.8. The molecule has 6 rings (SSSR count). The van der Waals surface area contributed by atoms with Gasteiger partial charge in [-0.05, 0) is 53.9 Å². The Morgan fingerprint density at radius 1 is 0.740 bits per heavy atom. The number of ether oxygens (including phenoxy) is 1. The van der Waals surface area contributed by atoms with Crippen LogP contribution in [0.5, 0.6) is 5.75 Å². The highest BCUT2D eigenvalue weighted by Gasteiger charge is 2.22. The number of nitrogens with one attached hydrogen (secondary N) is 1. The highest BCUT2D eigenvalue weighted by atomic mass is 16.5. The van der Waals surface area contributed by atoms with Crippen LogP contribution in [-0.2, 0) is 17.8 Å². The Bertz CT molecular complexity index is 2070. The molecule has 6 aromatic rings. The molecule has 0 aliphatic heterocycles. The summed E-state index contributed by atoms with van der Waals surface area (Å²) in [6.07, 6.45) is 2.29. The molecule has 0 fully saturated rings. The number of carboxylic acid groups (broad SMARTS) is 1. The maximum atomic E-state index is 13.6. The summed E-state index contributed by atoms with van der Waals surface area (Å²) in [4.78, 5) is 49.7. The van der Waals surface area contributed by atoms with Crippen molar-refractivity contribution < 1.29 is 24.2 Å². The van der Waals surface area contributed by atoms with Crippen LogP contribution in [0.3, 0.4) is 0 Å². The first-order valence-electron chi connectivity index (χ1n) is 16.4. The van der Waals surface area contributed by atoms with Crippen LogP contribution >= 0.6 is 0 Å². The van der Waals surface area contributed by atoms with Gasteiger partial charge in [0.2, 0.25) is 0 Å². The molecule has 1 amide bonds. The summed E-state index contributed by atoms with van der Waals surface area (Å²) in [5.41, 5.74) is 4.87. The molecule has 50 heavy (non-hydrogen) atoms. The number of benzene rings is 5. The summed E-state index contributed by atoms with van der Waals surface area (Å²) in [6.45, 7) is 1.24. The van der Waals surface area contributed by atoms with Gasteiger partial charge in [0.05, 0.1) is 23.8 Å². The average Bonchev–Trinajstić information content (AvgIpc) is 3.16. The van der Waals surface area contributed by atoms with E-state index in [0.29, 0.717) is 54.2 Å². The van der Waals surface area contributed by atoms with E-state index in [1.54, 1.807) is 65.6 Å². The van der Waals surface area contributed by atoms with Crippen LogP contribution in [0.25, 0.3) is 11.0 Å². The lowest BCUT2D eigenvalue weighted by molar-refractivity contribution is -0.137. The van der Waals surface area contributed by atoms with E-state index in [0.717, 1.165) is 16.6 Å². The number of carboxylic acids is 1. The number of amides is 1. The van der Waals surface area contributed by atoms with E-state index in [1.165, 1.54) is 6.20 Å². The Balaban J connectivity index is 1.06. The highest BCUT2D eigenvalue weighted by molar-refractivity contribution is 6.12. The summed E-state index contributed by atoms with van der Waals surface area (Å²) >= 11 is 0. The minimum absolute atomic E-state index is 0.186. The fraction of sp³-hybridized carbons (Fsp3) is 0.146. The lowest BCUT2D eigenvalue weighted by Crippen LogP contribution is -2.33. The topological polar surface area (TPSA) is 122 Å². The second kappa shape index (κ2) is 16.2. The quantitative estimate of drug-likeness (QED) is 0.0883. The third-order valence-electron chi connectivity index (χ3n) is 8.21. The van der Waals surface area contributed by atoms with E-state index in [2.05, 4.69) is 15.3 Å². The number of aromatic nitrogens is 2. The van der Waals surface area contributed by atoms with Crippen molar-refractivity contribution in [2.24, 2.45) is 0 Å². The largest absolute Gasteiger partial charge is 0.494 e. The smallest absolute Gasteiger partial charge is 0.326 e. The second-order valence-corrected chi connectivity index (χ2v) is 11.8. The number of ketones is 1. The van der Waals surface area contributed by atoms with Crippen LogP contribution in [0.1, 0.15) is 44.0 Å². The lowest BCUT2D eigenvalue weighted by Gasteiger charge is -2.23. The molecule has 9 nitrogen and oxygen atoms in total. The number of carbonyl (C=O) groups excluding carboxylic acids is 2. The zero-order valence-electron chi connectivity index (χ0n) is 27.3. The molecule has 0 aliphatic carbocycles. The highest BCUT2D eigenvalue weighted by Crippen LogP contribution is 2.22. The molecule has 1 aromatic heterocycles. The zero-order valence-corrected chi connectivity index (χ0v) is 27.3. The van der Waals surface area contributed by atoms with Gasteiger partial charge in [-0.2, -0.15) is 0 Å². The van der Waals surface area contributed by atoms with Gasteiger partial charge in [0, 0.05) is 36.3 Å². The summed E-state index contributed by atoms with van der Waals surface area (Å²) in [5.74, 6) is -0.787. The van der Waals surface area contributed by atoms with Gasteiger partial charge in [-0.1, -0.05) is 97.1 Å². The number of hydrogen-bond acceptors (Lipinski definition) is 7. The summed E-state index contributed by atoms with van der Waals surface area (Å²) in [5, 5.41) is 13.1. The van der Waals surface area contributed by atoms with Crippen molar-refractivity contribution in [3.8, 4) is 5.75 Å². The van der Waals surface area contributed by atoms with Gasteiger partial charge >= 0.3 is 5.97 Å². The number of anilines is 1. The number of fused-ring (bicyclic) bond motifs is 1. The van der Waals surface area contributed by atoms with E-state index < -0.39 is 12.0 Å². The Morgan fingerprint density at radius 2 is 1.40 bits per heavy atom. The zero-order chi connectivity index (χ0) is 34.7. The average molecular weight is 665 g/mol. The maximum absolute atomic E-state index is 13.6. The molecule has 0 bridgehead atoms. The Hall–Kier alpha value is -6.35. The number of hydrogen-bond donors (Lipinski definition) is 2. The first-order chi connectivity index (χ1) is 24.4. The van der Waals surface area contributed by atoms with Crippen molar-refractivity contribution in [1.29, 1.82) is 0 Å². The van der Waals surface area contributed by atoms with Crippen molar-refractivity contribution in [2.75, 3.05) is 18.5 Å². The van der Waals surface area contributed by atoms with E-state index in [9.17, 15) is 19.5 Å². The number of nitrogens with zero attached hydrogens (tertiary/aromatic N) is 3. The van der Waals surface area contributed by atoms with E-state index >= 15 is 0 Å². The van der Waals surface area contributed by atoms with E-state index in [1.807, 2.05) is 72.8 Å². The predicted molar refractivity (Wildman–Crippen MR) is 192 cm³/mol. The van der Waals surface area contributed by atoms with Crippen LogP contribution < -0.4 is 10.1 Å². The van der Waals surface area contributed by atoms with Gasteiger partial charge in [0.25, 0.3) is 5.91 Å². The third-order valence-corrected chi connectivity index (χ3v) is 8.21. The number of para-hydroxylation sites is 3. The van der Waals surface area contributed by atoms with E-state index in [-0.39, 0.29) is 23.8 Å². The molecular formula is C41H36N4O5. The minimum Gasteiger partial charge on any atom is -0.494 e. The van der Waals surface area contributed by atoms with Crippen molar-refractivity contribution in [1.82, 2.24) is 14.9 Å².